The number of sulfone groups is 1. The summed E-state index contributed by atoms with van der Waals surface area (Å²) < 4.78 is 59.9. The number of benzene rings is 2. The average molecular weight is 484 g/mol. The fourth-order valence-corrected chi connectivity index (χ4v) is 6.72. The molecule has 0 bridgehead atoms. The number of aryl methyl sites for hydroxylation is 4. The zero-order valence-corrected chi connectivity index (χ0v) is 20.5. The van der Waals surface area contributed by atoms with Gasteiger partial charge in [-0.2, -0.15) is 8.42 Å². The van der Waals surface area contributed by atoms with E-state index in [1.165, 1.54) is 24.3 Å². The first-order valence-electron chi connectivity index (χ1n) is 10.5. The largest absolute Gasteiger partial charge is 0.378 e. The van der Waals surface area contributed by atoms with Crippen LogP contribution in [0.2, 0.25) is 0 Å². The maximum absolute atomic E-state index is 13.6. The number of pyridine rings is 1. The molecule has 4 rings (SSSR count). The van der Waals surface area contributed by atoms with Gasteiger partial charge in [0.2, 0.25) is 9.84 Å². The van der Waals surface area contributed by atoms with Gasteiger partial charge < -0.3 is 8.58 Å². The molecule has 8 heteroatoms. The summed E-state index contributed by atoms with van der Waals surface area (Å²) in [6.45, 7) is 7.07. The molecule has 0 fully saturated rings. The standard InChI is InChI=1S/C25H25NO5S2/c1-5-22-23-8-6-7-13-26(23)16-24(22)32(27,28)21-14-18(3)25(19(4)15-21)31-33(29,30)20-11-9-17(2)10-12-20/h6-16H,5H2,1-4H3. The molecule has 0 saturated carbocycles. The molecule has 2 aromatic carbocycles. The van der Waals surface area contributed by atoms with Crippen LogP contribution in [-0.4, -0.2) is 21.2 Å². The molecule has 33 heavy (non-hydrogen) atoms. The van der Waals surface area contributed by atoms with Crippen molar-refractivity contribution in [1.29, 1.82) is 0 Å². The van der Waals surface area contributed by atoms with Gasteiger partial charge in [0.15, 0.2) is 0 Å². The molecule has 0 aliphatic carbocycles. The first-order valence-corrected chi connectivity index (χ1v) is 13.4. The van der Waals surface area contributed by atoms with Gasteiger partial charge in [-0.05, 0) is 80.3 Å². The molecule has 0 aliphatic rings. The van der Waals surface area contributed by atoms with E-state index in [2.05, 4.69) is 0 Å². The molecule has 0 atom stereocenters. The maximum atomic E-state index is 13.6. The molecule has 4 aromatic rings. The first kappa shape index (κ1) is 23.1. The van der Waals surface area contributed by atoms with E-state index in [0.29, 0.717) is 17.5 Å². The van der Waals surface area contributed by atoms with Crippen molar-refractivity contribution in [2.75, 3.05) is 0 Å². The zero-order valence-electron chi connectivity index (χ0n) is 18.9. The number of hydrogen-bond donors (Lipinski definition) is 0. The Labute approximate surface area is 194 Å². The fraction of sp³-hybridized carbons (Fsp3) is 0.200. The summed E-state index contributed by atoms with van der Waals surface area (Å²) >= 11 is 0. The Kier molecular flexibility index (Phi) is 5.84. The number of aromatic nitrogens is 1. The van der Waals surface area contributed by atoms with Gasteiger partial charge >= 0.3 is 10.1 Å². The van der Waals surface area contributed by atoms with Gasteiger partial charge in [-0.3, -0.25) is 0 Å². The van der Waals surface area contributed by atoms with Crippen LogP contribution in [0, 0.1) is 20.8 Å². The molecule has 0 unspecified atom stereocenters. The molecule has 6 nitrogen and oxygen atoms in total. The summed E-state index contributed by atoms with van der Waals surface area (Å²) in [5.74, 6) is 0.132. The first-order chi connectivity index (χ1) is 15.5. The topological polar surface area (TPSA) is 81.9 Å². The van der Waals surface area contributed by atoms with E-state index in [9.17, 15) is 16.8 Å². The van der Waals surface area contributed by atoms with Crippen molar-refractivity contribution in [2.45, 2.75) is 48.8 Å². The summed E-state index contributed by atoms with van der Waals surface area (Å²) in [7, 11) is -7.89. The Morgan fingerprint density at radius 1 is 0.848 bits per heavy atom. The number of fused-ring (bicyclic) bond motifs is 1. The highest BCUT2D eigenvalue weighted by Gasteiger charge is 2.27. The van der Waals surface area contributed by atoms with Gasteiger partial charge in [0.05, 0.1) is 9.79 Å². The SMILES string of the molecule is CCc1c(S(=O)(=O)c2cc(C)c(OS(=O)(=O)c3ccc(C)cc3)c(C)c2)cn2ccccc12. The lowest BCUT2D eigenvalue weighted by molar-refractivity contribution is 0.482. The van der Waals surface area contributed by atoms with Crippen LogP contribution in [0.15, 0.2) is 81.7 Å². The van der Waals surface area contributed by atoms with Crippen molar-refractivity contribution < 1.29 is 21.0 Å². The predicted octanol–water partition coefficient (Wildman–Crippen LogP) is 5.03. The normalized spacial score (nSPS) is 12.2. The highest BCUT2D eigenvalue weighted by atomic mass is 32.2. The molecule has 2 aromatic heterocycles. The Morgan fingerprint density at radius 2 is 1.48 bits per heavy atom. The second-order valence-electron chi connectivity index (χ2n) is 8.06. The molecule has 0 N–H and O–H groups in total. The number of nitrogens with zero attached hydrogens (tertiary/aromatic N) is 1. The Morgan fingerprint density at radius 3 is 2.09 bits per heavy atom. The van der Waals surface area contributed by atoms with E-state index >= 15 is 0 Å². The van der Waals surface area contributed by atoms with Crippen molar-refractivity contribution in [1.82, 2.24) is 4.40 Å². The van der Waals surface area contributed by atoms with Crippen molar-refractivity contribution in [2.24, 2.45) is 0 Å². The zero-order chi connectivity index (χ0) is 24.0. The van der Waals surface area contributed by atoms with E-state index in [4.69, 9.17) is 4.18 Å². The highest BCUT2D eigenvalue weighted by Crippen LogP contribution is 2.34. The van der Waals surface area contributed by atoms with E-state index in [1.807, 2.05) is 38.2 Å². The van der Waals surface area contributed by atoms with Crippen molar-refractivity contribution in [3.8, 4) is 5.75 Å². The van der Waals surface area contributed by atoms with Crippen LogP contribution in [0.25, 0.3) is 5.52 Å². The van der Waals surface area contributed by atoms with Gasteiger partial charge in [-0.1, -0.05) is 30.7 Å². The minimum atomic E-state index is -4.06. The minimum Gasteiger partial charge on any atom is -0.378 e. The molecule has 2 heterocycles. The summed E-state index contributed by atoms with van der Waals surface area (Å²) in [6.07, 6.45) is 4.00. The summed E-state index contributed by atoms with van der Waals surface area (Å²) in [5, 5.41) is 0. The smallest absolute Gasteiger partial charge is 0.339 e. The van der Waals surface area contributed by atoms with Gasteiger partial charge in [0, 0.05) is 17.9 Å². The lowest BCUT2D eigenvalue weighted by atomic mass is 10.1. The van der Waals surface area contributed by atoms with Crippen LogP contribution in [0.5, 0.6) is 5.75 Å². The minimum absolute atomic E-state index is 0.0386. The summed E-state index contributed by atoms with van der Waals surface area (Å²) in [4.78, 5) is 0.385. The molecule has 172 valence electrons. The second kappa shape index (κ2) is 8.35. The van der Waals surface area contributed by atoms with Gasteiger partial charge in [-0.15, -0.1) is 0 Å². The van der Waals surface area contributed by atoms with Crippen LogP contribution in [0.4, 0.5) is 0 Å². The maximum Gasteiger partial charge on any atom is 0.339 e. The molecule has 0 radical (unpaired) electrons. The number of rotatable bonds is 6. The highest BCUT2D eigenvalue weighted by molar-refractivity contribution is 7.91. The average Bonchev–Trinajstić information content (AvgIpc) is 3.16. The van der Waals surface area contributed by atoms with Crippen molar-refractivity contribution >= 4 is 25.5 Å². The summed E-state index contributed by atoms with van der Waals surface area (Å²) in [6, 6.07) is 14.9. The van der Waals surface area contributed by atoms with Gasteiger partial charge in [-0.25, -0.2) is 8.42 Å². The Balaban J connectivity index is 1.77. The molecular weight excluding hydrogens is 458 g/mol. The molecule has 0 aliphatic heterocycles. The number of hydrogen-bond acceptors (Lipinski definition) is 5. The summed E-state index contributed by atoms with van der Waals surface area (Å²) in [5.41, 5.74) is 3.36. The third-order valence-electron chi connectivity index (χ3n) is 5.64. The van der Waals surface area contributed by atoms with Gasteiger partial charge in [0.25, 0.3) is 0 Å². The molecular formula is C25H25NO5S2. The molecule has 0 spiro atoms. The second-order valence-corrected chi connectivity index (χ2v) is 11.5. The van der Waals surface area contributed by atoms with Crippen LogP contribution in [0.1, 0.15) is 29.2 Å². The predicted molar refractivity (Wildman–Crippen MR) is 127 cm³/mol. The third-order valence-corrected chi connectivity index (χ3v) is 8.67. The van der Waals surface area contributed by atoms with Crippen LogP contribution in [-0.2, 0) is 26.4 Å². The van der Waals surface area contributed by atoms with E-state index in [0.717, 1.165) is 16.6 Å². The van der Waals surface area contributed by atoms with E-state index < -0.39 is 20.0 Å². The lowest BCUT2D eigenvalue weighted by Gasteiger charge is -2.14. The van der Waals surface area contributed by atoms with Crippen LogP contribution >= 0.6 is 0 Å². The quantitative estimate of drug-likeness (QED) is 0.359. The van der Waals surface area contributed by atoms with Gasteiger partial charge in [0.1, 0.15) is 10.6 Å². The monoisotopic (exact) mass is 483 g/mol. The molecule has 0 amide bonds. The van der Waals surface area contributed by atoms with Crippen LogP contribution in [0.3, 0.4) is 0 Å². The van der Waals surface area contributed by atoms with E-state index in [1.54, 1.807) is 36.6 Å². The third kappa shape index (κ3) is 4.16. The van der Waals surface area contributed by atoms with Crippen LogP contribution < -0.4 is 4.18 Å². The Hall–Kier alpha value is -3.10. The molecule has 0 saturated heterocycles. The lowest BCUT2D eigenvalue weighted by Crippen LogP contribution is -2.12. The van der Waals surface area contributed by atoms with Crippen molar-refractivity contribution in [3.63, 3.8) is 0 Å². The Bertz CT molecular complexity index is 1540. The fourth-order valence-electron chi connectivity index (χ4n) is 3.93. The van der Waals surface area contributed by atoms with E-state index in [-0.39, 0.29) is 20.4 Å². The van der Waals surface area contributed by atoms with Crippen molar-refractivity contribution in [3.05, 3.63) is 89.2 Å².